The third kappa shape index (κ3) is 1.42. The molecule has 0 radical (unpaired) electrons. The number of hydrogen-bond donors (Lipinski definition) is 1. The highest BCUT2D eigenvalue weighted by Gasteiger charge is 2.13. The summed E-state index contributed by atoms with van der Waals surface area (Å²) in [5.74, 6) is 0. The second-order valence-corrected chi connectivity index (χ2v) is 3.55. The first-order chi connectivity index (χ1) is 5.77. The van der Waals surface area contributed by atoms with Gasteiger partial charge in [0.25, 0.3) is 0 Å². The van der Waals surface area contributed by atoms with Crippen molar-refractivity contribution in [2.75, 3.05) is 6.54 Å². The number of pyridine rings is 1. The molecule has 1 aliphatic heterocycles. The van der Waals surface area contributed by atoms with Crippen LogP contribution in [0, 0.1) is 0 Å². The van der Waals surface area contributed by atoms with Crippen LogP contribution >= 0.6 is 23.2 Å². The number of nitrogens with zero attached hydrogens (tertiary/aromatic N) is 1. The summed E-state index contributed by atoms with van der Waals surface area (Å²) in [4.78, 5) is 3.98. The first-order valence-electron chi connectivity index (χ1n) is 3.82. The molecule has 0 amide bonds. The van der Waals surface area contributed by atoms with Crippen LogP contribution in [0.1, 0.15) is 11.1 Å². The van der Waals surface area contributed by atoms with E-state index in [0.29, 0.717) is 10.3 Å². The highest BCUT2D eigenvalue weighted by Crippen LogP contribution is 2.23. The van der Waals surface area contributed by atoms with Gasteiger partial charge in [-0.1, -0.05) is 23.2 Å². The van der Waals surface area contributed by atoms with Crippen LogP contribution in [0.3, 0.4) is 0 Å². The van der Waals surface area contributed by atoms with Crippen molar-refractivity contribution >= 4 is 23.2 Å². The van der Waals surface area contributed by atoms with E-state index < -0.39 is 0 Å². The maximum absolute atomic E-state index is 5.91. The Bertz CT molecular complexity index is 312. The lowest BCUT2D eigenvalue weighted by Crippen LogP contribution is -2.24. The summed E-state index contributed by atoms with van der Waals surface area (Å²) in [5.41, 5.74) is 2.31. The highest BCUT2D eigenvalue weighted by atomic mass is 35.5. The Hall–Kier alpha value is -0.310. The average Bonchev–Trinajstić information content (AvgIpc) is 2.04. The minimum Gasteiger partial charge on any atom is -0.312 e. The Kier molecular flexibility index (Phi) is 2.22. The van der Waals surface area contributed by atoms with Gasteiger partial charge in [0.1, 0.15) is 10.3 Å². The molecule has 1 aliphatic rings. The predicted molar refractivity (Wildman–Crippen MR) is 49.7 cm³/mol. The normalized spacial score (nSPS) is 15.8. The Morgan fingerprint density at radius 2 is 2.25 bits per heavy atom. The number of halogens is 2. The van der Waals surface area contributed by atoms with Gasteiger partial charge in [0.15, 0.2) is 0 Å². The molecule has 0 spiro atoms. The van der Waals surface area contributed by atoms with Gasteiger partial charge in [0.2, 0.25) is 0 Å². The molecular weight excluding hydrogens is 195 g/mol. The SMILES string of the molecule is Clc1cc2c(c(Cl)n1)CNCC2. The largest absolute Gasteiger partial charge is 0.312 e. The zero-order chi connectivity index (χ0) is 8.55. The van der Waals surface area contributed by atoms with Gasteiger partial charge in [0, 0.05) is 12.1 Å². The van der Waals surface area contributed by atoms with E-state index in [9.17, 15) is 0 Å². The number of nitrogens with one attached hydrogen (secondary N) is 1. The third-order valence-electron chi connectivity index (χ3n) is 2.01. The fraction of sp³-hybridized carbons (Fsp3) is 0.375. The van der Waals surface area contributed by atoms with E-state index in [1.165, 1.54) is 5.56 Å². The summed E-state index contributed by atoms with van der Waals surface area (Å²) >= 11 is 11.7. The van der Waals surface area contributed by atoms with Gasteiger partial charge in [-0.3, -0.25) is 0 Å². The van der Waals surface area contributed by atoms with E-state index in [2.05, 4.69) is 10.3 Å². The molecule has 64 valence electrons. The molecule has 0 aliphatic carbocycles. The Morgan fingerprint density at radius 3 is 3.08 bits per heavy atom. The number of hydrogen-bond acceptors (Lipinski definition) is 2. The molecule has 1 aromatic rings. The van der Waals surface area contributed by atoms with Crippen LogP contribution in [-0.4, -0.2) is 11.5 Å². The van der Waals surface area contributed by atoms with Crippen molar-refractivity contribution in [2.45, 2.75) is 13.0 Å². The van der Waals surface area contributed by atoms with Gasteiger partial charge in [-0.05, 0) is 24.6 Å². The molecule has 0 aromatic carbocycles. The molecule has 1 aromatic heterocycles. The lowest BCUT2D eigenvalue weighted by atomic mass is 10.0. The molecule has 0 atom stereocenters. The molecule has 12 heavy (non-hydrogen) atoms. The number of aromatic nitrogens is 1. The zero-order valence-electron chi connectivity index (χ0n) is 6.40. The van der Waals surface area contributed by atoms with Gasteiger partial charge in [-0.2, -0.15) is 0 Å². The van der Waals surface area contributed by atoms with Crippen molar-refractivity contribution < 1.29 is 0 Å². The van der Waals surface area contributed by atoms with Gasteiger partial charge in [-0.25, -0.2) is 4.98 Å². The Balaban J connectivity index is 2.53. The first kappa shape index (κ1) is 8.30. The standard InChI is InChI=1S/C8H8Cl2N2/c9-7-3-5-1-2-11-4-6(5)8(10)12-7/h3,11H,1-2,4H2. The highest BCUT2D eigenvalue weighted by molar-refractivity contribution is 6.33. The number of rotatable bonds is 0. The molecule has 0 fully saturated rings. The van der Waals surface area contributed by atoms with Crippen LogP contribution in [-0.2, 0) is 13.0 Å². The van der Waals surface area contributed by atoms with Crippen LogP contribution in [0.5, 0.6) is 0 Å². The molecule has 0 bridgehead atoms. The maximum atomic E-state index is 5.91. The van der Waals surface area contributed by atoms with Crippen molar-refractivity contribution in [3.63, 3.8) is 0 Å². The molecule has 1 N–H and O–H groups in total. The van der Waals surface area contributed by atoms with Crippen molar-refractivity contribution in [1.29, 1.82) is 0 Å². The molecule has 0 unspecified atom stereocenters. The summed E-state index contributed by atoms with van der Waals surface area (Å²) in [5, 5.41) is 4.25. The van der Waals surface area contributed by atoms with Crippen molar-refractivity contribution in [1.82, 2.24) is 10.3 Å². The lowest BCUT2D eigenvalue weighted by Gasteiger charge is -2.17. The monoisotopic (exact) mass is 202 g/mol. The lowest BCUT2D eigenvalue weighted by molar-refractivity contribution is 0.641. The summed E-state index contributed by atoms with van der Waals surface area (Å²) < 4.78 is 0. The maximum Gasteiger partial charge on any atom is 0.135 e. The van der Waals surface area contributed by atoms with E-state index in [-0.39, 0.29) is 0 Å². The van der Waals surface area contributed by atoms with Crippen LogP contribution in [0.15, 0.2) is 6.07 Å². The van der Waals surface area contributed by atoms with E-state index in [4.69, 9.17) is 23.2 Å². The quantitative estimate of drug-likeness (QED) is 0.652. The summed E-state index contributed by atoms with van der Waals surface area (Å²) in [6.07, 6.45) is 0.983. The molecule has 2 rings (SSSR count). The van der Waals surface area contributed by atoms with Crippen LogP contribution in [0.2, 0.25) is 10.3 Å². The van der Waals surface area contributed by atoms with E-state index >= 15 is 0 Å². The molecule has 2 heterocycles. The second kappa shape index (κ2) is 3.21. The average molecular weight is 203 g/mol. The van der Waals surface area contributed by atoms with Crippen molar-refractivity contribution in [3.05, 3.63) is 27.5 Å². The minimum absolute atomic E-state index is 0.487. The topological polar surface area (TPSA) is 24.9 Å². The predicted octanol–water partition coefficient (Wildman–Crippen LogP) is 2.03. The minimum atomic E-state index is 0.487. The third-order valence-corrected chi connectivity index (χ3v) is 2.51. The zero-order valence-corrected chi connectivity index (χ0v) is 7.91. The summed E-state index contributed by atoms with van der Waals surface area (Å²) in [6, 6.07) is 1.89. The molecular formula is C8H8Cl2N2. The van der Waals surface area contributed by atoms with Gasteiger partial charge >= 0.3 is 0 Å². The van der Waals surface area contributed by atoms with Crippen molar-refractivity contribution in [3.8, 4) is 0 Å². The fourth-order valence-electron chi connectivity index (χ4n) is 1.40. The first-order valence-corrected chi connectivity index (χ1v) is 4.57. The van der Waals surface area contributed by atoms with E-state index in [0.717, 1.165) is 25.1 Å². The molecule has 0 saturated heterocycles. The van der Waals surface area contributed by atoms with Gasteiger partial charge < -0.3 is 5.32 Å². The summed E-state index contributed by atoms with van der Waals surface area (Å²) in [6.45, 7) is 1.79. The van der Waals surface area contributed by atoms with Crippen molar-refractivity contribution in [2.24, 2.45) is 0 Å². The smallest absolute Gasteiger partial charge is 0.135 e. The Morgan fingerprint density at radius 1 is 1.42 bits per heavy atom. The van der Waals surface area contributed by atoms with Crippen LogP contribution in [0.4, 0.5) is 0 Å². The number of fused-ring (bicyclic) bond motifs is 1. The molecule has 2 nitrogen and oxygen atoms in total. The van der Waals surface area contributed by atoms with Crippen LogP contribution in [0.25, 0.3) is 0 Å². The molecule has 0 saturated carbocycles. The van der Waals surface area contributed by atoms with Crippen LogP contribution < -0.4 is 5.32 Å². The van der Waals surface area contributed by atoms with Gasteiger partial charge in [-0.15, -0.1) is 0 Å². The van der Waals surface area contributed by atoms with E-state index in [1.807, 2.05) is 6.07 Å². The summed E-state index contributed by atoms with van der Waals surface area (Å²) in [7, 11) is 0. The van der Waals surface area contributed by atoms with Gasteiger partial charge in [0.05, 0.1) is 0 Å². The Labute approximate surface area is 80.9 Å². The fourth-order valence-corrected chi connectivity index (χ4v) is 1.94. The van der Waals surface area contributed by atoms with E-state index in [1.54, 1.807) is 0 Å². The second-order valence-electron chi connectivity index (χ2n) is 2.80. The molecule has 4 heteroatoms.